The molecule has 2 heterocycles. The van der Waals surface area contributed by atoms with E-state index in [1.807, 2.05) is 59.5 Å². The van der Waals surface area contributed by atoms with Crippen LogP contribution in [0.2, 0.25) is 0 Å². The first kappa shape index (κ1) is 24.0. The van der Waals surface area contributed by atoms with Crippen LogP contribution in [0.1, 0.15) is 49.7 Å². The number of likely N-dealkylation sites (tertiary alicyclic amines) is 1. The van der Waals surface area contributed by atoms with E-state index in [0.717, 1.165) is 36.1 Å². The Kier molecular flexibility index (Phi) is 7.66. The number of rotatable bonds is 9. The molecule has 2 aliphatic heterocycles. The summed E-state index contributed by atoms with van der Waals surface area (Å²) in [5.74, 6) is 1.03. The number of nitrogens with one attached hydrogen (secondary N) is 1. The van der Waals surface area contributed by atoms with Crippen molar-refractivity contribution in [3.8, 4) is 5.75 Å². The van der Waals surface area contributed by atoms with Crippen molar-refractivity contribution in [3.05, 3.63) is 65.7 Å². The van der Waals surface area contributed by atoms with Crippen molar-refractivity contribution in [1.82, 2.24) is 10.2 Å². The van der Waals surface area contributed by atoms with E-state index in [2.05, 4.69) is 5.32 Å². The Labute approximate surface area is 201 Å². The lowest BCUT2D eigenvalue weighted by Gasteiger charge is -2.34. The molecule has 0 bridgehead atoms. The first-order valence-electron chi connectivity index (χ1n) is 12.2. The lowest BCUT2D eigenvalue weighted by Crippen LogP contribution is -2.46. The molecule has 2 amide bonds. The molecule has 4 rings (SSSR count). The third-order valence-corrected chi connectivity index (χ3v) is 7.20. The van der Waals surface area contributed by atoms with Crippen molar-refractivity contribution in [1.29, 1.82) is 0 Å². The van der Waals surface area contributed by atoms with Gasteiger partial charge in [-0.2, -0.15) is 0 Å². The monoisotopic (exact) mass is 462 g/mol. The van der Waals surface area contributed by atoms with Gasteiger partial charge in [0.2, 0.25) is 11.8 Å². The maximum atomic E-state index is 13.1. The van der Waals surface area contributed by atoms with E-state index in [1.54, 1.807) is 7.11 Å². The molecule has 180 valence electrons. The van der Waals surface area contributed by atoms with Crippen LogP contribution in [0.25, 0.3) is 0 Å². The molecule has 2 aromatic carbocycles. The lowest BCUT2D eigenvalue weighted by molar-refractivity contribution is -0.135. The van der Waals surface area contributed by atoms with Gasteiger partial charge in [0.1, 0.15) is 11.5 Å². The standard InChI is InChI=1S/C28H34N2O4/c1-34-24-11-9-22(10-12-24)19-28(15-13-26(32)29-28)16-14-27(33)30-17-5-8-23(20-30)25(31)18-21-6-3-2-4-7-21/h2-4,6-7,9-12,23H,5,8,13-20H2,1H3,(H,29,32)/t23-,28+/m1/s1. The Morgan fingerprint density at radius 3 is 2.53 bits per heavy atom. The van der Waals surface area contributed by atoms with Gasteiger partial charge in [-0.3, -0.25) is 14.4 Å². The van der Waals surface area contributed by atoms with Crippen molar-refractivity contribution in [2.75, 3.05) is 20.2 Å². The van der Waals surface area contributed by atoms with Crippen LogP contribution in [0.4, 0.5) is 0 Å². The van der Waals surface area contributed by atoms with E-state index >= 15 is 0 Å². The fourth-order valence-electron chi connectivity index (χ4n) is 5.23. The van der Waals surface area contributed by atoms with E-state index in [4.69, 9.17) is 4.74 Å². The number of hydrogen-bond donors (Lipinski definition) is 1. The Balaban J connectivity index is 1.34. The van der Waals surface area contributed by atoms with Gasteiger partial charge in [0.25, 0.3) is 0 Å². The van der Waals surface area contributed by atoms with E-state index in [9.17, 15) is 14.4 Å². The maximum Gasteiger partial charge on any atom is 0.222 e. The number of carbonyl (C=O) groups is 3. The lowest BCUT2D eigenvalue weighted by atomic mass is 9.84. The zero-order chi connectivity index (χ0) is 24.0. The number of amides is 2. The fourth-order valence-corrected chi connectivity index (χ4v) is 5.23. The highest BCUT2D eigenvalue weighted by Crippen LogP contribution is 2.31. The predicted octanol–water partition coefficient (Wildman–Crippen LogP) is 3.72. The number of ether oxygens (including phenoxy) is 1. The summed E-state index contributed by atoms with van der Waals surface area (Å²) in [6.45, 7) is 1.20. The highest BCUT2D eigenvalue weighted by molar-refractivity contribution is 5.85. The molecule has 2 atom stereocenters. The average molecular weight is 463 g/mol. The largest absolute Gasteiger partial charge is 0.497 e. The van der Waals surface area contributed by atoms with Gasteiger partial charge in [0, 0.05) is 43.8 Å². The van der Waals surface area contributed by atoms with Crippen molar-refractivity contribution >= 4 is 17.6 Å². The molecule has 2 fully saturated rings. The van der Waals surface area contributed by atoms with Gasteiger partial charge < -0.3 is 15.0 Å². The summed E-state index contributed by atoms with van der Waals surface area (Å²) in [5.41, 5.74) is 1.73. The van der Waals surface area contributed by atoms with Crippen LogP contribution in [0, 0.1) is 5.92 Å². The number of hydrogen-bond acceptors (Lipinski definition) is 4. The zero-order valence-corrected chi connectivity index (χ0v) is 19.9. The molecule has 6 heteroatoms. The molecule has 6 nitrogen and oxygen atoms in total. The predicted molar refractivity (Wildman–Crippen MR) is 130 cm³/mol. The molecule has 2 aliphatic rings. The summed E-state index contributed by atoms with van der Waals surface area (Å²) in [6, 6.07) is 17.7. The van der Waals surface area contributed by atoms with Gasteiger partial charge in [0.05, 0.1) is 7.11 Å². The van der Waals surface area contributed by atoms with E-state index in [0.29, 0.717) is 45.2 Å². The topological polar surface area (TPSA) is 75.7 Å². The van der Waals surface area contributed by atoms with Gasteiger partial charge in [-0.1, -0.05) is 42.5 Å². The number of methoxy groups -OCH3 is 1. The van der Waals surface area contributed by atoms with Crippen LogP contribution in [0.5, 0.6) is 5.75 Å². The van der Waals surface area contributed by atoms with Gasteiger partial charge in [0.15, 0.2) is 0 Å². The number of benzene rings is 2. The second kappa shape index (κ2) is 10.9. The SMILES string of the molecule is COc1ccc(C[C@@]2(CCC(=O)N3CCC[C@@H](C(=O)Cc4ccccc4)C3)CCC(=O)N2)cc1. The first-order valence-corrected chi connectivity index (χ1v) is 12.2. The first-order chi connectivity index (χ1) is 16.5. The van der Waals surface area contributed by atoms with Crippen LogP contribution in [0.15, 0.2) is 54.6 Å². The smallest absolute Gasteiger partial charge is 0.222 e. The summed E-state index contributed by atoms with van der Waals surface area (Å²) in [7, 11) is 1.64. The molecule has 2 saturated heterocycles. The summed E-state index contributed by atoms with van der Waals surface area (Å²) in [5, 5.41) is 3.16. The highest BCUT2D eigenvalue weighted by Gasteiger charge is 2.38. The van der Waals surface area contributed by atoms with Crippen molar-refractivity contribution in [2.24, 2.45) is 5.92 Å². The third-order valence-electron chi connectivity index (χ3n) is 7.20. The summed E-state index contributed by atoms with van der Waals surface area (Å²) in [6.07, 6.45) is 4.99. The van der Waals surface area contributed by atoms with Gasteiger partial charge >= 0.3 is 0 Å². The van der Waals surface area contributed by atoms with Crippen molar-refractivity contribution < 1.29 is 19.1 Å². The van der Waals surface area contributed by atoms with Crippen LogP contribution in [-0.2, 0) is 27.2 Å². The number of carbonyl (C=O) groups excluding carboxylic acids is 3. The summed E-state index contributed by atoms with van der Waals surface area (Å²) < 4.78 is 5.24. The minimum atomic E-state index is -0.403. The molecular weight excluding hydrogens is 428 g/mol. The van der Waals surface area contributed by atoms with Gasteiger partial charge in [-0.25, -0.2) is 0 Å². The normalized spacial score (nSPS) is 22.3. The quantitative estimate of drug-likeness (QED) is 0.616. The van der Waals surface area contributed by atoms with Gasteiger partial charge in [-0.05, 0) is 55.4 Å². The summed E-state index contributed by atoms with van der Waals surface area (Å²) >= 11 is 0. The Bertz CT molecular complexity index is 1000. The van der Waals surface area contributed by atoms with E-state index in [1.165, 1.54) is 0 Å². The zero-order valence-electron chi connectivity index (χ0n) is 19.9. The van der Waals surface area contributed by atoms with Crippen LogP contribution >= 0.6 is 0 Å². The molecule has 2 aromatic rings. The van der Waals surface area contributed by atoms with E-state index in [-0.39, 0.29) is 23.5 Å². The maximum absolute atomic E-state index is 13.1. The Morgan fingerprint density at radius 2 is 1.85 bits per heavy atom. The van der Waals surface area contributed by atoms with Crippen LogP contribution < -0.4 is 10.1 Å². The van der Waals surface area contributed by atoms with Crippen LogP contribution in [0.3, 0.4) is 0 Å². The molecule has 0 radical (unpaired) electrons. The minimum absolute atomic E-state index is 0.0468. The molecule has 0 unspecified atom stereocenters. The molecule has 1 N–H and O–H groups in total. The fraction of sp³-hybridized carbons (Fsp3) is 0.464. The highest BCUT2D eigenvalue weighted by atomic mass is 16.5. The molecule has 0 aliphatic carbocycles. The molecule has 34 heavy (non-hydrogen) atoms. The minimum Gasteiger partial charge on any atom is -0.497 e. The number of ketones is 1. The molecular formula is C28H34N2O4. The second-order valence-electron chi connectivity index (χ2n) is 9.66. The molecule has 0 aromatic heterocycles. The van der Waals surface area contributed by atoms with E-state index < -0.39 is 5.54 Å². The Hall–Kier alpha value is -3.15. The third kappa shape index (κ3) is 6.04. The average Bonchev–Trinajstić information content (AvgIpc) is 3.24. The molecule has 0 spiro atoms. The van der Waals surface area contributed by atoms with Crippen molar-refractivity contribution in [3.63, 3.8) is 0 Å². The number of Topliss-reactive ketones (excluding diaryl/α,β-unsaturated/α-hetero) is 1. The second-order valence-corrected chi connectivity index (χ2v) is 9.66. The molecule has 0 saturated carbocycles. The number of piperidine rings is 1. The van der Waals surface area contributed by atoms with Crippen LogP contribution in [-0.4, -0.2) is 48.2 Å². The van der Waals surface area contributed by atoms with Crippen molar-refractivity contribution in [2.45, 2.75) is 56.9 Å². The Morgan fingerprint density at radius 1 is 1.09 bits per heavy atom. The number of nitrogens with zero attached hydrogens (tertiary/aromatic N) is 1. The summed E-state index contributed by atoms with van der Waals surface area (Å²) in [4.78, 5) is 39.9. The van der Waals surface area contributed by atoms with Gasteiger partial charge in [-0.15, -0.1) is 0 Å².